The zero-order valence-corrected chi connectivity index (χ0v) is 34.2. The number of rotatable bonds is 9. The van der Waals surface area contributed by atoms with E-state index in [2.05, 4.69) is 41.6 Å². The van der Waals surface area contributed by atoms with Gasteiger partial charge in [-0.15, -0.1) is 10.2 Å². The second-order valence-corrected chi connectivity index (χ2v) is 17.8. The highest BCUT2D eigenvalue weighted by Gasteiger charge is 2.47. The van der Waals surface area contributed by atoms with Crippen molar-refractivity contribution >= 4 is 52.6 Å². The van der Waals surface area contributed by atoms with E-state index in [0.29, 0.717) is 39.1 Å². The van der Waals surface area contributed by atoms with Crippen LogP contribution in [0.5, 0.6) is 5.75 Å². The lowest BCUT2D eigenvalue weighted by Crippen LogP contribution is -2.60. The molecule has 5 aliphatic heterocycles. The van der Waals surface area contributed by atoms with Crippen molar-refractivity contribution in [3.05, 3.63) is 75.9 Å². The molecule has 6 heterocycles. The number of aromatic nitrogens is 2. The van der Waals surface area contributed by atoms with Crippen LogP contribution in [0.2, 0.25) is 5.02 Å². The number of nitrogens with zero attached hydrogens (tertiary/aromatic N) is 7. The molecule has 5 amide bonds. The Morgan fingerprint density at radius 1 is 0.867 bits per heavy atom. The fraction of sp³-hybridized carbons (Fsp3) is 0.500. The molecular weight excluding hydrogens is 786 g/mol. The maximum atomic E-state index is 13.3. The van der Waals surface area contributed by atoms with Crippen molar-refractivity contribution in [3.8, 4) is 11.8 Å². The highest BCUT2D eigenvalue weighted by molar-refractivity contribution is 6.31. The first-order chi connectivity index (χ1) is 29.0. The van der Waals surface area contributed by atoms with Crippen LogP contribution in [0.3, 0.4) is 0 Å². The lowest BCUT2D eigenvalue weighted by Gasteiger charge is -2.55. The Kier molecular flexibility index (Phi) is 10.9. The Hall–Kier alpha value is -5.59. The van der Waals surface area contributed by atoms with Gasteiger partial charge in [0.05, 0.1) is 27.8 Å². The molecule has 1 aromatic heterocycles. The van der Waals surface area contributed by atoms with Crippen LogP contribution in [0.25, 0.3) is 0 Å². The molecule has 6 aliphatic rings. The Morgan fingerprint density at radius 3 is 2.30 bits per heavy atom. The first-order valence-corrected chi connectivity index (χ1v) is 21.5. The van der Waals surface area contributed by atoms with Gasteiger partial charge in [0, 0.05) is 62.4 Å². The van der Waals surface area contributed by atoms with E-state index >= 15 is 0 Å². The SMILES string of the molecule is N#Cc1ccc(O[C@H]2CC[C@H](NC(=O)c3ccc(N4CCC(CN5CCC6(CC5)CN(c5ccc7c(c5)C(=O)N(C5CCC(=O)NC5=O)C7=O)C6)CC4)nn3)CC2)cc1Cl. The minimum absolute atomic E-state index is 0.0245. The molecule has 3 aromatic rings. The van der Waals surface area contributed by atoms with Gasteiger partial charge in [-0.25, -0.2) is 0 Å². The highest BCUT2D eigenvalue weighted by Crippen LogP contribution is 2.44. The van der Waals surface area contributed by atoms with E-state index in [1.807, 2.05) is 12.1 Å². The van der Waals surface area contributed by atoms with Crippen molar-refractivity contribution in [1.29, 1.82) is 5.26 Å². The van der Waals surface area contributed by atoms with Gasteiger partial charge >= 0.3 is 0 Å². The van der Waals surface area contributed by atoms with Crippen LogP contribution in [0.15, 0.2) is 48.5 Å². The number of hydrogen-bond acceptors (Lipinski definition) is 12. The zero-order valence-electron chi connectivity index (χ0n) is 33.4. The number of carbonyl (C=O) groups excluding carboxylic acids is 5. The van der Waals surface area contributed by atoms with Gasteiger partial charge in [0.1, 0.15) is 17.9 Å². The number of fused-ring (bicyclic) bond motifs is 1. The van der Waals surface area contributed by atoms with Crippen molar-refractivity contribution in [3.63, 3.8) is 0 Å². The van der Waals surface area contributed by atoms with Gasteiger partial charge in [0.2, 0.25) is 11.8 Å². The minimum Gasteiger partial charge on any atom is -0.490 e. The van der Waals surface area contributed by atoms with E-state index < -0.39 is 23.8 Å². The molecule has 312 valence electrons. The summed E-state index contributed by atoms with van der Waals surface area (Å²) in [5.41, 5.74) is 2.52. The van der Waals surface area contributed by atoms with E-state index in [4.69, 9.17) is 21.6 Å². The average molecular weight is 834 g/mol. The van der Waals surface area contributed by atoms with Gasteiger partial charge in [0.25, 0.3) is 17.7 Å². The number of nitriles is 1. The van der Waals surface area contributed by atoms with Gasteiger partial charge in [-0.1, -0.05) is 11.6 Å². The third kappa shape index (κ3) is 8.02. The number of imide groups is 2. The van der Waals surface area contributed by atoms with Gasteiger partial charge in [-0.05, 0) is 119 Å². The van der Waals surface area contributed by atoms with Gasteiger partial charge in [-0.2, -0.15) is 5.26 Å². The standard InChI is InChI=1S/C44H48ClN9O6/c45-35-22-32(5-1-28(35)23-46)60-31-6-2-29(3-7-31)47-40(56)36-9-11-38(50-49-36)52-17-13-27(14-18-52)24-51-19-15-44(16-20-51)25-53(26-44)30-4-8-33-34(21-30)43(59)54(42(33)58)37-10-12-39(55)48-41(37)57/h1,4-5,8-9,11,21-22,27,29,31,37H,2-3,6-7,10,12-20,24-26H2,(H,47,56)(H,48,55,57)/t29-,31-,37?. The molecular formula is C44H48ClN9O6. The molecule has 2 N–H and O–H groups in total. The largest absolute Gasteiger partial charge is 0.490 e. The predicted octanol–water partition coefficient (Wildman–Crippen LogP) is 4.34. The molecule has 1 unspecified atom stereocenters. The second-order valence-electron chi connectivity index (χ2n) is 17.4. The van der Waals surface area contributed by atoms with Crippen molar-refractivity contribution < 1.29 is 28.7 Å². The lowest BCUT2D eigenvalue weighted by atomic mass is 9.71. The maximum Gasteiger partial charge on any atom is 0.272 e. The summed E-state index contributed by atoms with van der Waals surface area (Å²) in [6, 6.07) is 15.3. The van der Waals surface area contributed by atoms with Crippen LogP contribution in [0.4, 0.5) is 11.5 Å². The van der Waals surface area contributed by atoms with Gasteiger partial charge in [0.15, 0.2) is 11.5 Å². The molecule has 5 fully saturated rings. The van der Waals surface area contributed by atoms with Gasteiger partial charge in [-0.3, -0.25) is 34.2 Å². The highest BCUT2D eigenvalue weighted by atomic mass is 35.5. The van der Waals surface area contributed by atoms with E-state index in [9.17, 15) is 24.0 Å². The summed E-state index contributed by atoms with van der Waals surface area (Å²) >= 11 is 6.15. The topological polar surface area (TPSA) is 181 Å². The second kappa shape index (κ2) is 16.5. The molecule has 1 aliphatic carbocycles. The number of nitrogens with one attached hydrogen (secondary N) is 2. The van der Waals surface area contributed by atoms with Crippen LogP contribution in [-0.2, 0) is 9.59 Å². The van der Waals surface area contributed by atoms with Crippen molar-refractivity contribution in [1.82, 2.24) is 30.6 Å². The number of piperidine rings is 3. The summed E-state index contributed by atoms with van der Waals surface area (Å²) < 4.78 is 6.09. The Bertz CT molecular complexity index is 2230. The Balaban J connectivity index is 0.683. The number of hydrogen-bond donors (Lipinski definition) is 2. The Labute approximate surface area is 353 Å². The quantitative estimate of drug-likeness (QED) is 0.292. The molecule has 1 spiro atoms. The molecule has 9 rings (SSSR count). The number of amides is 5. The number of halogens is 1. The monoisotopic (exact) mass is 833 g/mol. The zero-order chi connectivity index (χ0) is 41.5. The van der Waals surface area contributed by atoms with Crippen molar-refractivity contribution in [2.24, 2.45) is 11.3 Å². The van der Waals surface area contributed by atoms with Crippen LogP contribution >= 0.6 is 11.6 Å². The maximum absolute atomic E-state index is 13.3. The third-order valence-corrected chi connectivity index (χ3v) is 13.8. The predicted molar refractivity (Wildman–Crippen MR) is 221 cm³/mol. The summed E-state index contributed by atoms with van der Waals surface area (Å²) in [6.07, 6.45) is 7.83. The van der Waals surface area contributed by atoms with E-state index in [-0.39, 0.29) is 42.2 Å². The minimum atomic E-state index is -0.966. The van der Waals surface area contributed by atoms with E-state index in [0.717, 1.165) is 114 Å². The molecule has 16 heteroatoms. The summed E-state index contributed by atoms with van der Waals surface area (Å²) in [7, 11) is 0. The number of carbonyl (C=O) groups is 5. The summed E-state index contributed by atoms with van der Waals surface area (Å²) in [5.74, 6) is -0.108. The number of ether oxygens (including phenoxy) is 1. The molecule has 1 atom stereocenters. The molecule has 0 bridgehead atoms. The van der Waals surface area contributed by atoms with Crippen molar-refractivity contribution in [2.75, 3.05) is 55.6 Å². The molecule has 1 saturated carbocycles. The van der Waals surface area contributed by atoms with Crippen molar-refractivity contribution in [2.45, 2.75) is 82.4 Å². The first-order valence-electron chi connectivity index (χ1n) is 21.1. The number of benzene rings is 2. The molecule has 2 aromatic carbocycles. The summed E-state index contributed by atoms with van der Waals surface area (Å²) in [4.78, 5) is 71.7. The fourth-order valence-corrected chi connectivity index (χ4v) is 10.1. The van der Waals surface area contributed by atoms with Crippen LogP contribution in [-0.4, -0.2) is 114 Å². The normalized spacial score (nSPS) is 24.5. The molecule has 0 radical (unpaired) electrons. The van der Waals surface area contributed by atoms with Crippen LogP contribution in [0.1, 0.15) is 101 Å². The van der Waals surface area contributed by atoms with Crippen LogP contribution < -0.4 is 25.2 Å². The number of anilines is 2. The fourth-order valence-electron chi connectivity index (χ4n) is 9.89. The van der Waals surface area contributed by atoms with Gasteiger partial charge < -0.3 is 24.8 Å². The summed E-state index contributed by atoms with van der Waals surface area (Å²) in [5, 5.41) is 23.6. The first kappa shape index (κ1) is 39.8. The lowest BCUT2D eigenvalue weighted by molar-refractivity contribution is -0.136. The average Bonchev–Trinajstić information content (AvgIpc) is 3.49. The summed E-state index contributed by atoms with van der Waals surface area (Å²) in [6.45, 7) is 6.83. The van der Waals surface area contributed by atoms with Crippen LogP contribution in [0, 0.1) is 22.7 Å². The van der Waals surface area contributed by atoms with E-state index in [1.165, 1.54) is 0 Å². The third-order valence-electron chi connectivity index (χ3n) is 13.5. The number of likely N-dealkylation sites (tertiary alicyclic amines) is 1. The molecule has 60 heavy (non-hydrogen) atoms. The molecule has 4 saturated heterocycles. The molecule has 15 nitrogen and oxygen atoms in total. The van der Waals surface area contributed by atoms with E-state index in [1.54, 1.807) is 36.4 Å². The Morgan fingerprint density at radius 2 is 1.62 bits per heavy atom. The smallest absolute Gasteiger partial charge is 0.272 e.